The van der Waals surface area contributed by atoms with Crippen LogP contribution in [-0.4, -0.2) is 34.3 Å². The van der Waals surface area contributed by atoms with Gasteiger partial charge in [-0.25, -0.2) is 4.39 Å². The number of likely N-dealkylation sites (tertiary alicyclic amines) is 1. The highest BCUT2D eigenvalue weighted by molar-refractivity contribution is 5.99. The third-order valence-corrected chi connectivity index (χ3v) is 6.14. The maximum absolute atomic E-state index is 13.9. The fourth-order valence-electron chi connectivity index (χ4n) is 4.51. The zero-order chi connectivity index (χ0) is 22.9. The summed E-state index contributed by atoms with van der Waals surface area (Å²) in [6.07, 6.45) is 4.32. The van der Waals surface area contributed by atoms with Crippen molar-refractivity contribution in [1.82, 2.24) is 14.9 Å². The van der Waals surface area contributed by atoms with Crippen LogP contribution in [0.4, 0.5) is 4.39 Å². The SMILES string of the molecule is C=CC(=O)N1CC[C@H](c2cn(-c3ccc(Oc4ccccc4F)cc3)c3c2CNN=C3N)C1. The average Bonchev–Trinajstić information content (AvgIpc) is 3.47. The van der Waals surface area contributed by atoms with Crippen LogP contribution in [0, 0.1) is 5.82 Å². The van der Waals surface area contributed by atoms with Crippen LogP contribution < -0.4 is 15.9 Å². The van der Waals surface area contributed by atoms with Crippen molar-refractivity contribution < 1.29 is 13.9 Å². The molecule has 5 rings (SSSR count). The molecule has 1 fully saturated rings. The van der Waals surface area contributed by atoms with E-state index in [9.17, 15) is 9.18 Å². The molecule has 3 N–H and O–H groups in total. The van der Waals surface area contributed by atoms with Crippen LogP contribution in [0.15, 0.2) is 72.5 Å². The zero-order valence-electron chi connectivity index (χ0n) is 18.0. The Balaban J connectivity index is 1.46. The van der Waals surface area contributed by atoms with Gasteiger partial charge < -0.3 is 25.4 Å². The first-order chi connectivity index (χ1) is 16.0. The summed E-state index contributed by atoms with van der Waals surface area (Å²) in [6, 6.07) is 13.7. The number of nitrogens with two attached hydrogens (primary N) is 1. The molecular weight excluding hydrogens is 421 g/mol. The van der Waals surface area contributed by atoms with Crippen LogP contribution in [0.2, 0.25) is 0 Å². The number of ether oxygens (including phenoxy) is 1. The molecule has 3 heterocycles. The fourth-order valence-corrected chi connectivity index (χ4v) is 4.51. The number of amidine groups is 1. The molecule has 2 aliphatic rings. The Hall–Kier alpha value is -4.07. The van der Waals surface area contributed by atoms with Gasteiger partial charge in [0.1, 0.15) is 5.75 Å². The van der Waals surface area contributed by atoms with Gasteiger partial charge in [0.25, 0.3) is 0 Å². The van der Waals surface area contributed by atoms with E-state index in [2.05, 4.69) is 23.3 Å². The number of nitrogens with zero attached hydrogens (tertiary/aromatic N) is 3. The number of carbonyl (C=O) groups excluding carboxylic acids is 1. The van der Waals surface area contributed by atoms with Gasteiger partial charge in [-0.3, -0.25) is 4.79 Å². The Bertz CT molecular complexity index is 1250. The Morgan fingerprint density at radius 3 is 2.79 bits per heavy atom. The molecular formula is C25H24FN5O2. The van der Waals surface area contributed by atoms with Crippen molar-refractivity contribution in [2.24, 2.45) is 10.8 Å². The first kappa shape index (κ1) is 20.8. The number of hydrogen-bond donors (Lipinski definition) is 2. The number of benzene rings is 2. The summed E-state index contributed by atoms with van der Waals surface area (Å²) in [5.74, 6) is 0.862. The predicted molar refractivity (Wildman–Crippen MR) is 124 cm³/mol. The molecule has 7 nitrogen and oxygen atoms in total. The minimum atomic E-state index is -0.414. The van der Waals surface area contributed by atoms with E-state index in [1.807, 2.05) is 21.6 Å². The van der Waals surface area contributed by atoms with Gasteiger partial charge in [-0.1, -0.05) is 18.7 Å². The molecule has 168 valence electrons. The van der Waals surface area contributed by atoms with E-state index in [4.69, 9.17) is 10.5 Å². The number of hydrazone groups is 1. The lowest BCUT2D eigenvalue weighted by molar-refractivity contribution is -0.125. The molecule has 1 aromatic heterocycles. The summed E-state index contributed by atoms with van der Waals surface area (Å²) in [4.78, 5) is 13.9. The third-order valence-electron chi connectivity index (χ3n) is 6.14. The summed E-state index contributed by atoms with van der Waals surface area (Å²) in [6.45, 7) is 5.51. The number of rotatable bonds is 5. The predicted octanol–water partition coefficient (Wildman–Crippen LogP) is 3.63. The van der Waals surface area contributed by atoms with E-state index < -0.39 is 5.82 Å². The lowest BCUT2D eigenvalue weighted by atomic mass is 9.95. The van der Waals surface area contributed by atoms with Crippen molar-refractivity contribution in [3.8, 4) is 17.2 Å². The first-order valence-electron chi connectivity index (χ1n) is 10.8. The second-order valence-electron chi connectivity index (χ2n) is 8.11. The van der Waals surface area contributed by atoms with Crippen molar-refractivity contribution in [3.63, 3.8) is 0 Å². The van der Waals surface area contributed by atoms with E-state index >= 15 is 0 Å². The third kappa shape index (κ3) is 3.84. The summed E-state index contributed by atoms with van der Waals surface area (Å²) >= 11 is 0. The maximum atomic E-state index is 13.9. The zero-order valence-corrected chi connectivity index (χ0v) is 18.0. The normalized spacial score (nSPS) is 17.2. The smallest absolute Gasteiger partial charge is 0.245 e. The molecule has 0 spiro atoms. The van der Waals surface area contributed by atoms with Crippen molar-refractivity contribution in [3.05, 3.63) is 90.0 Å². The molecule has 1 saturated heterocycles. The van der Waals surface area contributed by atoms with Gasteiger partial charge in [0.2, 0.25) is 5.91 Å². The molecule has 2 aliphatic heterocycles. The van der Waals surface area contributed by atoms with E-state index in [0.717, 1.165) is 28.9 Å². The van der Waals surface area contributed by atoms with Gasteiger partial charge in [-0.05, 0) is 54.5 Å². The Labute approximate surface area is 191 Å². The topological polar surface area (TPSA) is 84.9 Å². The number of para-hydroxylation sites is 1. The van der Waals surface area contributed by atoms with E-state index in [0.29, 0.717) is 31.2 Å². The van der Waals surface area contributed by atoms with Crippen LogP contribution in [0.25, 0.3) is 5.69 Å². The highest BCUT2D eigenvalue weighted by Gasteiger charge is 2.32. The first-order valence-corrected chi connectivity index (χ1v) is 10.8. The van der Waals surface area contributed by atoms with Crippen LogP contribution >= 0.6 is 0 Å². The van der Waals surface area contributed by atoms with Crippen molar-refractivity contribution in [2.45, 2.75) is 18.9 Å². The van der Waals surface area contributed by atoms with Crippen LogP contribution in [0.1, 0.15) is 29.2 Å². The Morgan fingerprint density at radius 2 is 2.03 bits per heavy atom. The number of nitrogens with one attached hydrogen (secondary N) is 1. The van der Waals surface area contributed by atoms with Crippen LogP contribution in [0.5, 0.6) is 11.5 Å². The molecule has 0 bridgehead atoms. The second kappa shape index (κ2) is 8.46. The van der Waals surface area contributed by atoms with E-state index in [1.165, 1.54) is 12.1 Å². The molecule has 33 heavy (non-hydrogen) atoms. The standard InChI is InChI=1S/C25H24FN5O2/c1-2-23(32)30-12-11-16(14-30)20-15-31(24-19(20)13-28-29-25(24)27)17-7-9-18(10-8-17)33-22-6-4-3-5-21(22)26/h2-10,15-16,28H,1,11-14H2,(H2,27,29)/t16-/m0/s1. The quantitative estimate of drug-likeness (QED) is 0.588. The van der Waals surface area contributed by atoms with Gasteiger partial charge in [0.15, 0.2) is 17.4 Å². The number of aromatic nitrogens is 1. The molecule has 2 aromatic carbocycles. The maximum Gasteiger partial charge on any atom is 0.245 e. The van der Waals surface area contributed by atoms with Gasteiger partial charge >= 0.3 is 0 Å². The highest BCUT2D eigenvalue weighted by Crippen LogP contribution is 2.35. The van der Waals surface area contributed by atoms with Gasteiger partial charge in [-0.15, -0.1) is 0 Å². The molecule has 1 atom stereocenters. The summed E-state index contributed by atoms with van der Waals surface area (Å²) in [5.41, 5.74) is 13.2. The van der Waals surface area contributed by atoms with Crippen molar-refractivity contribution in [2.75, 3.05) is 13.1 Å². The van der Waals surface area contributed by atoms with Gasteiger partial charge in [-0.2, -0.15) is 5.10 Å². The van der Waals surface area contributed by atoms with Gasteiger partial charge in [0, 0.05) is 36.5 Å². The van der Waals surface area contributed by atoms with Gasteiger partial charge in [0.05, 0.1) is 12.2 Å². The molecule has 0 saturated carbocycles. The molecule has 0 radical (unpaired) electrons. The molecule has 0 aliphatic carbocycles. The molecule has 1 amide bonds. The van der Waals surface area contributed by atoms with Crippen molar-refractivity contribution >= 4 is 11.7 Å². The fraction of sp³-hybridized carbons (Fsp3) is 0.200. The van der Waals surface area contributed by atoms with Crippen LogP contribution in [0.3, 0.4) is 0 Å². The lowest BCUT2D eigenvalue weighted by Gasteiger charge is -2.17. The number of hydrogen-bond acceptors (Lipinski definition) is 5. The number of halogens is 1. The summed E-state index contributed by atoms with van der Waals surface area (Å²) in [7, 11) is 0. The number of amides is 1. The largest absolute Gasteiger partial charge is 0.454 e. The van der Waals surface area contributed by atoms with E-state index in [1.54, 1.807) is 30.3 Å². The summed E-state index contributed by atoms with van der Waals surface area (Å²) in [5, 5.41) is 4.22. The average molecular weight is 445 g/mol. The molecule has 3 aromatic rings. The summed E-state index contributed by atoms with van der Waals surface area (Å²) < 4.78 is 21.6. The number of carbonyl (C=O) groups is 1. The molecule has 8 heteroatoms. The molecule has 0 unspecified atom stereocenters. The minimum Gasteiger partial charge on any atom is -0.454 e. The van der Waals surface area contributed by atoms with Crippen molar-refractivity contribution in [1.29, 1.82) is 0 Å². The second-order valence-corrected chi connectivity index (χ2v) is 8.11. The Kier molecular flexibility index (Phi) is 5.34. The van der Waals surface area contributed by atoms with Crippen LogP contribution in [-0.2, 0) is 11.3 Å². The van der Waals surface area contributed by atoms with E-state index in [-0.39, 0.29) is 17.6 Å². The minimum absolute atomic E-state index is 0.0459. The Morgan fingerprint density at radius 1 is 1.24 bits per heavy atom. The highest BCUT2D eigenvalue weighted by atomic mass is 19.1. The number of fused-ring (bicyclic) bond motifs is 1. The lowest BCUT2D eigenvalue weighted by Crippen LogP contribution is -2.29. The monoisotopic (exact) mass is 445 g/mol.